The Morgan fingerprint density at radius 2 is 1.29 bits per heavy atom. The molecule has 0 aliphatic carbocycles. The van der Waals surface area contributed by atoms with Crippen molar-refractivity contribution in [1.29, 1.82) is 0 Å². The van der Waals surface area contributed by atoms with E-state index in [1.165, 1.54) is 5.56 Å². The van der Waals surface area contributed by atoms with Crippen molar-refractivity contribution in [2.45, 2.75) is 46.7 Å². The minimum Gasteiger partial charge on any atom is -0.339 e. The number of rotatable bonds is 5. The Bertz CT molecular complexity index is 637. The Balaban J connectivity index is 0.000000921. The number of carbonyl (C=O) groups is 1. The molecule has 1 aliphatic heterocycles. The molecule has 2 aromatic carbocycles. The molecule has 154 valence electrons. The summed E-state index contributed by atoms with van der Waals surface area (Å²) in [6.07, 6.45) is 0.601. The van der Waals surface area contributed by atoms with E-state index in [9.17, 15) is 4.79 Å². The predicted molar refractivity (Wildman–Crippen MR) is 119 cm³/mol. The summed E-state index contributed by atoms with van der Waals surface area (Å²) in [7, 11) is 0. The molecular formula is C24H37N3O. The summed E-state index contributed by atoms with van der Waals surface area (Å²) in [5.74, 6) is 0.0678. The molecule has 3 rings (SSSR count). The van der Waals surface area contributed by atoms with Crippen molar-refractivity contribution in [1.82, 2.24) is 9.80 Å². The third-order valence-electron chi connectivity index (χ3n) is 4.55. The average molecular weight is 384 g/mol. The fraction of sp³-hybridized carbons (Fsp3) is 0.458. The summed E-state index contributed by atoms with van der Waals surface area (Å²) >= 11 is 0. The summed E-state index contributed by atoms with van der Waals surface area (Å²) in [5.41, 5.74) is 8.56. The van der Waals surface area contributed by atoms with E-state index < -0.39 is 6.04 Å². The molecule has 0 aromatic heterocycles. The van der Waals surface area contributed by atoms with Gasteiger partial charge in [0.25, 0.3) is 0 Å². The van der Waals surface area contributed by atoms with Crippen LogP contribution in [0.5, 0.6) is 0 Å². The molecule has 1 amide bonds. The molecule has 2 N–H and O–H groups in total. The topological polar surface area (TPSA) is 49.6 Å². The lowest BCUT2D eigenvalue weighted by atomic mass is 10.1. The van der Waals surface area contributed by atoms with Crippen LogP contribution in [0.3, 0.4) is 0 Å². The highest BCUT2D eigenvalue weighted by atomic mass is 16.2. The Morgan fingerprint density at radius 1 is 0.821 bits per heavy atom. The van der Waals surface area contributed by atoms with Crippen LogP contribution in [-0.2, 0) is 17.8 Å². The zero-order chi connectivity index (χ0) is 20.8. The molecule has 1 aliphatic rings. The minimum absolute atomic E-state index is 0.0678. The second-order valence-electron chi connectivity index (χ2n) is 6.38. The van der Waals surface area contributed by atoms with Crippen molar-refractivity contribution < 1.29 is 4.79 Å². The van der Waals surface area contributed by atoms with Gasteiger partial charge < -0.3 is 10.6 Å². The van der Waals surface area contributed by atoms with E-state index in [0.717, 1.165) is 38.3 Å². The van der Waals surface area contributed by atoms with Crippen molar-refractivity contribution in [3.63, 3.8) is 0 Å². The van der Waals surface area contributed by atoms with E-state index in [-0.39, 0.29) is 5.91 Å². The highest BCUT2D eigenvalue weighted by molar-refractivity contribution is 5.82. The highest BCUT2D eigenvalue weighted by Gasteiger charge is 2.25. The van der Waals surface area contributed by atoms with Crippen molar-refractivity contribution in [3.8, 4) is 0 Å². The summed E-state index contributed by atoms with van der Waals surface area (Å²) in [6, 6.07) is 20.0. The van der Waals surface area contributed by atoms with Gasteiger partial charge in [0.2, 0.25) is 5.91 Å². The van der Waals surface area contributed by atoms with Gasteiger partial charge in [-0.25, -0.2) is 0 Å². The maximum atomic E-state index is 12.5. The van der Waals surface area contributed by atoms with Gasteiger partial charge in [-0.2, -0.15) is 0 Å². The first-order valence-corrected chi connectivity index (χ1v) is 10.6. The van der Waals surface area contributed by atoms with Crippen LogP contribution in [-0.4, -0.2) is 47.9 Å². The Kier molecular flexibility index (Phi) is 11.9. The first-order valence-electron chi connectivity index (χ1n) is 10.6. The normalized spacial score (nSPS) is 14.8. The van der Waals surface area contributed by atoms with Crippen molar-refractivity contribution in [2.24, 2.45) is 5.73 Å². The van der Waals surface area contributed by atoms with E-state index in [0.29, 0.717) is 6.42 Å². The predicted octanol–water partition coefficient (Wildman–Crippen LogP) is 3.95. The number of nitrogens with two attached hydrogens (primary N) is 1. The van der Waals surface area contributed by atoms with E-state index in [1.54, 1.807) is 0 Å². The molecule has 1 unspecified atom stereocenters. The molecule has 2 aromatic rings. The van der Waals surface area contributed by atoms with Crippen LogP contribution >= 0.6 is 0 Å². The fourth-order valence-electron chi connectivity index (χ4n) is 3.16. The number of nitrogens with zero attached hydrogens (tertiary/aromatic N) is 2. The standard InChI is InChI=1S/C20H25N3O.2C2H6/c21-19(15-17-7-3-1-4-8-17)20(24)23-13-11-22(12-14-23)16-18-9-5-2-6-10-18;2*1-2/h1-10,19H,11-16,21H2;2*1-2H3. The first kappa shape index (κ1) is 23.9. The van der Waals surface area contributed by atoms with Gasteiger partial charge in [0.05, 0.1) is 6.04 Å². The van der Waals surface area contributed by atoms with E-state index in [2.05, 4.69) is 29.2 Å². The summed E-state index contributed by atoms with van der Waals surface area (Å²) in [4.78, 5) is 16.9. The van der Waals surface area contributed by atoms with Gasteiger partial charge in [-0.3, -0.25) is 9.69 Å². The van der Waals surface area contributed by atoms with E-state index in [4.69, 9.17) is 5.73 Å². The minimum atomic E-state index is -0.451. The molecule has 28 heavy (non-hydrogen) atoms. The number of benzene rings is 2. The van der Waals surface area contributed by atoms with Gasteiger partial charge in [-0.1, -0.05) is 88.4 Å². The number of amides is 1. The van der Waals surface area contributed by atoms with Crippen LogP contribution in [0.2, 0.25) is 0 Å². The lowest BCUT2D eigenvalue weighted by Crippen LogP contribution is -2.53. The van der Waals surface area contributed by atoms with Gasteiger partial charge in [0.1, 0.15) is 0 Å². The molecule has 4 nitrogen and oxygen atoms in total. The molecule has 0 radical (unpaired) electrons. The fourth-order valence-corrected chi connectivity index (χ4v) is 3.16. The smallest absolute Gasteiger partial charge is 0.239 e. The average Bonchev–Trinajstić information content (AvgIpc) is 2.78. The number of carbonyl (C=O) groups excluding carboxylic acids is 1. The quantitative estimate of drug-likeness (QED) is 0.850. The summed E-state index contributed by atoms with van der Waals surface area (Å²) in [5, 5.41) is 0. The molecule has 1 saturated heterocycles. The highest BCUT2D eigenvalue weighted by Crippen LogP contribution is 2.10. The monoisotopic (exact) mass is 383 g/mol. The largest absolute Gasteiger partial charge is 0.339 e. The molecule has 0 bridgehead atoms. The Hall–Kier alpha value is -2.17. The lowest BCUT2D eigenvalue weighted by molar-refractivity contribution is -0.134. The second-order valence-corrected chi connectivity index (χ2v) is 6.38. The molecule has 4 heteroatoms. The summed E-state index contributed by atoms with van der Waals surface area (Å²) < 4.78 is 0. The number of hydrogen-bond donors (Lipinski definition) is 1. The number of piperazine rings is 1. The van der Waals surface area contributed by atoms with E-state index in [1.807, 2.05) is 69.0 Å². The van der Waals surface area contributed by atoms with Crippen molar-refractivity contribution in [3.05, 3.63) is 71.8 Å². The van der Waals surface area contributed by atoms with Crippen LogP contribution in [0.1, 0.15) is 38.8 Å². The maximum absolute atomic E-state index is 12.5. The van der Waals surface area contributed by atoms with E-state index >= 15 is 0 Å². The van der Waals surface area contributed by atoms with Gasteiger partial charge in [0, 0.05) is 32.7 Å². The Morgan fingerprint density at radius 3 is 1.79 bits per heavy atom. The van der Waals surface area contributed by atoms with Crippen LogP contribution < -0.4 is 5.73 Å². The van der Waals surface area contributed by atoms with Crippen LogP contribution in [0.25, 0.3) is 0 Å². The molecule has 0 saturated carbocycles. The lowest BCUT2D eigenvalue weighted by Gasteiger charge is -2.36. The van der Waals surface area contributed by atoms with Gasteiger partial charge in [-0.15, -0.1) is 0 Å². The first-order chi connectivity index (χ1) is 13.7. The van der Waals surface area contributed by atoms with Gasteiger partial charge in [-0.05, 0) is 17.5 Å². The third-order valence-corrected chi connectivity index (χ3v) is 4.55. The van der Waals surface area contributed by atoms with Crippen LogP contribution in [0.15, 0.2) is 60.7 Å². The zero-order valence-electron chi connectivity index (χ0n) is 18.0. The van der Waals surface area contributed by atoms with Crippen LogP contribution in [0, 0.1) is 0 Å². The van der Waals surface area contributed by atoms with Gasteiger partial charge in [0.15, 0.2) is 0 Å². The second kappa shape index (κ2) is 13.9. The third kappa shape index (κ3) is 7.83. The molecule has 1 fully saturated rings. The molecule has 1 heterocycles. The van der Waals surface area contributed by atoms with Crippen molar-refractivity contribution in [2.75, 3.05) is 26.2 Å². The Labute approximate surface area is 171 Å². The molecule has 0 spiro atoms. The zero-order valence-corrected chi connectivity index (χ0v) is 18.0. The van der Waals surface area contributed by atoms with Crippen molar-refractivity contribution >= 4 is 5.91 Å². The molecular weight excluding hydrogens is 346 g/mol. The number of hydrogen-bond acceptors (Lipinski definition) is 3. The maximum Gasteiger partial charge on any atom is 0.239 e. The van der Waals surface area contributed by atoms with Crippen LogP contribution in [0.4, 0.5) is 0 Å². The van der Waals surface area contributed by atoms with Gasteiger partial charge >= 0.3 is 0 Å². The SMILES string of the molecule is CC.CC.NC(Cc1ccccc1)C(=O)N1CCN(Cc2ccccc2)CC1. The summed E-state index contributed by atoms with van der Waals surface area (Å²) in [6.45, 7) is 12.3. The molecule has 1 atom stereocenters.